The molecule has 0 radical (unpaired) electrons. The van der Waals surface area contributed by atoms with Gasteiger partial charge >= 0.3 is 5.97 Å². The summed E-state index contributed by atoms with van der Waals surface area (Å²) in [6, 6.07) is 0. The number of nitrogens with zero attached hydrogens (tertiary/aromatic N) is 2. The number of nitrogens with one attached hydrogen (secondary N) is 1. The predicted octanol–water partition coefficient (Wildman–Crippen LogP) is 3.20. The fourth-order valence-electron chi connectivity index (χ4n) is 4.20. The zero-order valence-electron chi connectivity index (χ0n) is 18.4. The highest BCUT2D eigenvalue weighted by Crippen LogP contribution is 2.39. The number of amides is 2. The standard InChI is InChI=1S/C22H24N4O5S2/c1-9(2)18-25-19-16(12(8-32-19)22(30)31)21(29)26(18)7-14(27)24-20-15(17(23)28)11-5-4-10(3)6-13(11)33-20/h8-10H,4-7H2,1-3H3,(H2,23,28)(H,24,27)(H,30,31). The maximum absolute atomic E-state index is 13.2. The van der Waals surface area contributed by atoms with E-state index in [0.717, 1.165) is 41.0 Å². The van der Waals surface area contributed by atoms with E-state index in [-0.39, 0.29) is 23.4 Å². The number of hydrogen-bond donors (Lipinski definition) is 3. The molecule has 0 spiro atoms. The smallest absolute Gasteiger partial charge is 0.337 e. The van der Waals surface area contributed by atoms with E-state index >= 15 is 0 Å². The van der Waals surface area contributed by atoms with Crippen LogP contribution in [0.2, 0.25) is 0 Å². The predicted molar refractivity (Wildman–Crippen MR) is 128 cm³/mol. The minimum atomic E-state index is -1.22. The highest BCUT2D eigenvalue weighted by molar-refractivity contribution is 7.17. The fourth-order valence-corrected chi connectivity index (χ4v) is 6.54. The van der Waals surface area contributed by atoms with E-state index in [0.29, 0.717) is 27.1 Å². The summed E-state index contributed by atoms with van der Waals surface area (Å²) < 4.78 is 1.21. The third-order valence-electron chi connectivity index (χ3n) is 5.78. The first kappa shape index (κ1) is 23.1. The van der Waals surface area contributed by atoms with Gasteiger partial charge in [-0.3, -0.25) is 19.0 Å². The van der Waals surface area contributed by atoms with Crippen molar-refractivity contribution in [3.8, 4) is 0 Å². The lowest BCUT2D eigenvalue weighted by Gasteiger charge is -2.18. The van der Waals surface area contributed by atoms with Crippen molar-refractivity contribution in [2.75, 3.05) is 5.32 Å². The number of carboxylic acids is 1. The number of fused-ring (bicyclic) bond motifs is 2. The molecule has 4 N–H and O–H groups in total. The third-order valence-corrected chi connectivity index (χ3v) is 7.82. The summed E-state index contributed by atoms with van der Waals surface area (Å²) in [5.41, 5.74) is 6.15. The Balaban J connectivity index is 1.72. The number of anilines is 1. The van der Waals surface area contributed by atoms with Crippen LogP contribution in [-0.4, -0.2) is 32.4 Å². The Morgan fingerprint density at radius 1 is 1.36 bits per heavy atom. The number of rotatable bonds is 6. The van der Waals surface area contributed by atoms with E-state index < -0.39 is 23.3 Å². The van der Waals surface area contributed by atoms with Crippen molar-refractivity contribution in [3.63, 3.8) is 0 Å². The Bertz CT molecular complexity index is 1350. The van der Waals surface area contributed by atoms with Gasteiger partial charge in [-0.25, -0.2) is 9.78 Å². The van der Waals surface area contributed by atoms with Crippen LogP contribution in [0.15, 0.2) is 10.2 Å². The molecule has 2 amide bonds. The molecule has 0 saturated carbocycles. The van der Waals surface area contributed by atoms with E-state index in [1.165, 1.54) is 21.3 Å². The van der Waals surface area contributed by atoms with Crippen LogP contribution in [-0.2, 0) is 24.2 Å². The molecule has 0 aromatic carbocycles. The first-order valence-corrected chi connectivity index (χ1v) is 12.3. The second-order valence-electron chi connectivity index (χ2n) is 8.62. The number of aromatic nitrogens is 2. The molecule has 4 rings (SSSR count). The van der Waals surface area contributed by atoms with E-state index in [1.54, 1.807) is 0 Å². The van der Waals surface area contributed by atoms with Gasteiger partial charge in [0.15, 0.2) is 0 Å². The lowest BCUT2D eigenvalue weighted by Crippen LogP contribution is -2.32. The molecule has 33 heavy (non-hydrogen) atoms. The maximum Gasteiger partial charge on any atom is 0.337 e. The molecule has 0 bridgehead atoms. The van der Waals surface area contributed by atoms with Crippen LogP contribution in [0.25, 0.3) is 10.2 Å². The van der Waals surface area contributed by atoms with E-state index in [1.807, 2.05) is 13.8 Å². The van der Waals surface area contributed by atoms with Crippen LogP contribution in [0.1, 0.15) is 70.1 Å². The number of primary amides is 1. The van der Waals surface area contributed by atoms with Crippen LogP contribution < -0.4 is 16.6 Å². The molecule has 0 saturated heterocycles. The minimum Gasteiger partial charge on any atom is -0.478 e. The number of nitrogens with two attached hydrogens (primary N) is 1. The Morgan fingerprint density at radius 3 is 2.73 bits per heavy atom. The summed E-state index contributed by atoms with van der Waals surface area (Å²) >= 11 is 2.43. The van der Waals surface area contributed by atoms with Crippen molar-refractivity contribution in [2.45, 2.75) is 52.5 Å². The molecule has 1 aliphatic rings. The lowest BCUT2D eigenvalue weighted by atomic mass is 9.88. The average Bonchev–Trinajstić information content (AvgIpc) is 3.30. The Morgan fingerprint density at radius 2 is 2.09 bits per heavy atom. The van der Waals surface area contributed by atoms with Crippen LogP contribution in [0, 0.1) is 5.92 Å². The minimum absolute atomic E-state index is 0.0110. The van der Waals surface area contributed by atoms with Crippen molar-refractivity contribution in [1.82, 2.24) is 9.55 Å². The van der Waals surface area contributed by atoms with Crippen LogP contribution >= 0.6 is 22.7 Å². The molecule has 1 aliphatic carbocycles. The molecule has 9 nitrogen and oxygen atoms in total. The van der Waals surface area contributed by atoms with E-state index in [2.05, 4.69) is 17.2 Å². The molecule has 1 atom stereocenters. The number of carbonyl (C=O) groups excluding carboxylic acids is 2. The molecule has 11 heteroatoms. The summed E-state index contributed by atoms with van der Waals surface area (Å²) in [6.45, 7) is 5.46. The van der Waals surface area contributed by atoms with E-state index in [9.17, 15) is 24.3 Å². The number of hydrogen-bond acceptors (Lipinski definition) is 7. The number of thiophene rings is 2. The number of carbonyl (C=O) groups is 3. The number of aromatic carboxylic acids is 1. The molecule has 3 aromatic heterocycles. The molecular weight excluding hydrogens is 464 g/mol. The van der Waals surface area contributed by atoms with Crippen molar-refractivity contribution in [1.29, 1.82) is 0 Å². The Hall–Kier alpha value is -3.05. The summed E-state index contributed by atoms with van der Waals surface area (Å²) in [6.07, 6.45) is 2.50. The molecule has 3 aromatic rings. The first-order valence-electron chi connectivity index (χ1n) is 10.6. The van der Waals surface area contributed by atoms with Gasteiger partial charge < -0.3 is 16.2 Å². The van der Waals surface area contributed by atoms with Crippen LogP contribution in [0.5, 0.6) is 0 Å². The van der Waals surface area contributed by atoms with Gasteiger partial charge in [0.1, 0.15) is 22.2 Å². The second kappa shape index (κ2) is 8.71. The van der Waals surface area contributed by atoms with Crippen LogP contribution in [0.4, 0.5) is 5.00 Å². The third kappa shape index (κ3) is 4.18. The first-order chi connectivity index (χ1) is 15.6. The highest BCUT2D eigenvalue weighted by atomic mass is 32.1. The van der Waals surface area contributed by atoms with Gasteiger partial charge in [-0.15, -0.1) is 22.7 Å². The van der Waals surface area contributed by atoms with Crippen molar-refractivity contribution >= 4 is 55.7 Å². The SMILES string of the molecule is CC1CCc2c(sc(NC(=O)Cn3c(C(C)C)nc4scc(C(=O)O)c4c3=O)c2C(N)=O)C1. The monoisotopic (exact) mass is 488 g/mol. The van der Waals surface area contributed by atoms with Gasteiger partial charge in [-0.1, -0.05) is 20.8 Å². The molecular formula is C22H24N4O5S2. The topological polar surface area (TPSA) is 144 Å². The number of carboxylic acid groups (broad SMARTS) is 1. The average molecular weight is 489 g/mol. The zero-order chi connectivity index (χ0) is 24.0. The summed E-state index contributed by atoms with van der Waals surface area (Å²) in [7, 11) is 0. The van der Waals surface area contributed by atoms with Crippen molar-refractivity contribution in [3.05, 3.63) is 43.1 Å². The van der Waals surface area contributed by atoms with Crippen LogP contribution in [0.3, 0.4) is 0 Å². The molecule has 3 heterocycles. The van der Waals surface area contributed by atoms with Gasteiger partial charge in [0.2, 0.25) is 5.91 Å². The summed E-state index contributed by atoms with van der Waals surface area (Å²) in [4.78, 5) is 55.8. The van der Waals surface area contributed by atoms with E-state index in [4.69, 9.17) is 5.73 Å². The molecule has 0 fully saturated rings. The summed E-state index contributed by atoms with van der Waals surface area (Å²) in [5.74, 6) is -1.64. The normalized spacial score (nSPS) is 15.6. The van der Waals surface area contributed by atoms with Crippen molar-refractivity contribution < 1.29 is 19.5 Å². The van der Waals surface area contributed by atoms with Crippen molar-refractivity contribution in [2.24, 2.45) is 11.7 Å². The van der Waals surface area contributed by atoms with Gasteiger partial charge in [0.25, 0.3) is 11.5 Å². The maximum atomic E-state index is 13.2. The zero-order valence-corrected chi connectivity index (χ0v) is 20.1. The second-order valence-corrected chi connectivity index (χ2v) is 10.6. The Kier molecular flexibility index (Phi) is 6.10. The molecule has 174 valence electrons. The quantitative estimate of drug-likeness (QED) is 0.486. The Labute approximate surface area is 197 Å². The largest absolute Gasteiger partial charge is 0.478 e. The lowest BCUT2D eigenvalue weighted by molar-refractivity contribution is -0.116. The highest BCUT2D eigenvalue weighted by Gasteiger charge is 2.28. The van der Waals surface area contributed by atoms with Gasteiger partial charge in [-0.05, 0) is 30.7 Å². The molecule has 0 aliphatic heterocycles. The van der Waals surface area contributed by atoms with Gasteiger partial charge in [0, 0.05) is 16.2 Å². The fraction of sp³-hybridized carbons (Fsp3) is 0.409. The summed E-state index contributed by atoms with van der Waals surface area (Å²) in [5, 5.41) is 14.0. The van der Waals surface area contributed by atoms with Gasteiger partial charge in [-0.2, -0.15) is 0 Å². The van der Waals surface area contributed by atoms with Gasteiger partial charge in [0.05, 0.1) is 16.5 Å². The molecule has 1 unspecified atom stereocenters.